The zero-order valence-electron chi connectivity index (χ0n) is 12.4. The third kappa shape index (κ3) is 5.76. The van der Waals surface area contributed by atoms with Crippen LogP contribution >= 0.6 is 0 Å². The Bertz CT molecular complexity index is 438. The fourth-order valence-corrected chi connectivity index (χ4v) is 2.67. The van der Waals surface area contributed by atoms with E-state index >= 15 is 0 Å². The van der Waals surface area contributed by atoms with Crippen molar-refractivity contribution in [1.82, 2.24) is 0 Å². The standard InChI is InChI=1S/C17H24O4/c18-17(19)15-8-4-9-16(12-15)21-11-5-10-20-13-14-6-2-1-3-7-14/h4,8-9,12,14H,1-3,5-7,10-11,13H2,(H,18,19). The molecule has 2 rings (SSSR count). The minimum absolute atomic E-state index is 0.251. The lowest BCUT2D eigenvalue weighted by Gasteiger charge is -2.21. The molecule has 1 saturated carbocycles. The summed E-state index contributed by atoms with van der Waals surface area (Å²) in [5.41, 5.74) is 0.251. The first kappa shape index (κ1) is 15.8. The molecule has 1 N–H and O–H groups in total. The van der Waals surface area contributed by atoms with Gasteiger partial charge in [-0.05, 0) is 37.0 Å². The Morgan fingerprint density at radius 3 is 2.76 bits per heavy atom. The largest absolute Gasteiger partial charge is 0.493 e. The average Bonchev–Trinajstić information content (AvgIpc) is 2.52. The van der Waals surface area contributed by atoms with Gasteiger partial charge in [-0.25, -0.2) is 4.79 Å². The van der Waals surface area contributed by atoms with Gasteiger partial charge in [-0.1, -0.05) is 25.3 Å². The highest BCUT2D eigenvalue weighted by Gasteiger charge is 2.12. The Labute approximate surface area is 126 Å². The SMILES string of the molecule is O=C(O)c1cccc(OCCCOCC2CCCCC2)c1. The van der Waals surface area contributed by atoms with E-state index in [1.165, 1.54) is 32.1 Å². The Morgan fingerprint density at radius 1 is 1.19 bits per heavy atom. The molecular weight excluding hydrogens is 268 g/mol. The van der Waals surface area contributed by atoms with Gasteiger partial charge in [-0.15, -0.1) is 0 Å². The minimum atomic E-state index is -0.934. The smallest absolute Gasteiger partial charge is 0.335 e. The predicted octanol–water partition coefficient (Wildman–Crippen LogP) is 3.75. The van der Waals surface area contributed by atoms with Crippen molar-refractivity contribution in [1.29, 1.82) is 0 Å². The third-order valence-corrected chi connectivity index (χ3v) is 3.86. The fourth-order valence-electron chi connectivity index (χ4n) is 2.67. The number of aromatic carboxylic acids is 1. The molecule has 4 heteroatoms. The van der Waals surface area contributed by atoms with Gasteiger partial charge >= 0.3 is 5.97 Å². The van der Waals surface area contributed by atoms with E-state index in [4.69, 9.17) is 14.6 Å². The van der Waals surface area contributed by atoms with E-state index in [1.807, 2.05) is 0 Å². The van der Waals surface area contributed by atoms with Gasteiger partial charge in [0, 0.05) is 19.6 Å². The maximum absolute atomic E-state index is 10.8. The summed E-state index contributed by atoms with van der Waals surface area (Å²) in [6.45, 7) is 2.12. The lowest BCUT2D eigenvalue weighted by atomic mass is 9.90. The highest BCUT2D eigenvalue weighted by atomic mass is 16.5. The van der Waals surface area contributed by atoms with Crippen molar-refractivity contribution in [3.63, 3.8) is 0 Å². The third-order valence-electron chi connectivity index (χ3n) is 3.86. The zero-order valence-corrected chi connectivity index (χ0v) is 12.4. The molecule has 0 spiro atoms. The molecule has 1 fully saturated rings. The van der Waals surface area contributed by atoms with Gasteiger partial charge in [-0.3, -0.25) is 0 Å². The molecule has 1 aromatic rings. The first-order valence-corrected chi connectivity index (χ1v) is 7.79. The second kappa shape index (κ2) is 8.67. The molecule has 1 aromatic carbocycles. The van der Waals surface area contributed by atoms with Gasteiger partial charge in [0.2, 0.25) is 0 Å². The van der Waals surface area contributed by atoms with E-state index in [1.54, 1.807) is 24.3 Å². The van der Waals surface area contributed by atoms with Crippen LogP contribution in [0.15, 0.2) is 24.3 Å². The van der Waals surface area contributed by atoms with Gasteiger partial charge in [-0.2, -0.15) is 0 Å². The topological polar surface area (TPSA) is 55.8 Å². The molecule has 21 heavy (non-hydrogen) atoms. The van der Waals surface area contributed by atoms with Crippen molar-refractivity contribution in [2.45, 2.75) is 38.5 Å². The number of hydrogen-bond donors (Lipinski definition) is 1. The van der Waals surface area contributed by atoms with E-state index in [0.29, 0.717) is 19.0 Å². The average molecular weight is 292 g/mol. The quantitative estimate of drug-likeness (QED) is 0.741. The molecule has 0 atom stereocenters. The number of benzene rings is 1. The molecule has 0 aromatic heterocycles. The first-order valence-electron chi connectivity index (χ1n) is 7.79. The highest BCUT2D eigenvalue weighted by Crippen LogP contribution is 2.23. The summed E-state index contributed by atoms with van der Waals surface area (Å²) in [5.74, 6) is 0.408. The molecule has 4 nitrogen and oxygen atoms in total. The molecule has 116 valence electrons. The van der Waals surface area contributed by atoms with Crippen LogP contribution in [0.5, 0.6) is 5.75 Å². The van der Waals surface area contributed by atoms with E-state index in [2.05, 4.69) is 0 Å². The van der Waals surface area contributed by atoms with E-state index < -0.39 is 5.97 Å². The van der Waals surface area contributed by atoms with Crippen LogP contribution < -0.4 is 4.74 Å². The second-order valence-corrected chi connectivity index (χ2v) is 5.61. The number of carbonyl (C=O) groups is 1. The van der Waals surface area contributed by atoms with Crippen molar-refractivity contribution in [3.8, 4) is 5.75 Å². The van der Waals surface area contributed by atoms with E-state index in [0.717, 1.165) is 18.9 Å². The van der Waals surface area contributed by atoms with Crippen molar-refractivity contribution < 1.29 is 19.4 Å². The predicted molar refractivity (Wildman–Crippen MR) is 80.9 cm³/mol. The number of hydrogen-bond acceptors (Lipinski definition) is 3. The summed E-state index contributed by atoms with van der Waals surface area (Å²) >= 11 is 0. The maximum atomic E-state index is 10.8. The monoisotopic (exact) mass is 292 g/mol. The summed E-state index contributed by atoms with van der Waals surface area (Å²) in [6.07, 6.45) is 7.49. The first-order chi connectivity index (χ1) is 10.3. The van der Waals surface area contributed by atoms with Gasteiger partial charge in [0.1, 0.15) is 5.75 Å². The lowest BCUT2D eigenvalue weighted by Crippen LogP contribution is -2.14. The lowest BCUT2D eigenvalue weighted by molar-refractivity contribution is 0.0695. The molecule has 0 aliphatic heterocycles. The summed E-state index contributed by atoms with van der Waals surface area (Å²) in [4.78, 5) is 10.8. The van der Waals surface area contributed by atoms with Crippen LogP contribution in [-0.2, 0) is 4.74 Å². The molecule has 0 radical (unpaired) electrons. The molecule has 0 bridgehead atoms. The summed E-state index contributed by atoms with van der Waals surface area (Å²) in [5, 5.41) is 8.90. The minimum Gasteiger partial charge on any atom is -0.493 e. The summed E-state index contributed by atoms with van der Waals surface area (Å²) in [7, 11) is 0. The van der Waals surface area contributed by atoms with Crippen molar-refractivity contribution >= 4 is 5.97 Å². The van der Waals surface area contributed by atoms with Gasteiger partial charge < -0.3 is 14.6 Å². The Balaban J connectivity index is 1.57. The highest BCUT2D eigenvalue weighted by molar-refractivity contribution is 5.87. The van der Waals surface area contributed by atoms with Crippen LogP contribution in [0.3, 0.4) is 0 Å². The van der Waals surface area contributed by atoms with E-state index in [9.17, 15) is 4.79 Å². The van der Waals surface area contributed by atoms with Crippen LogP contribution in [0.1, 0.15) is 48.9 Å². The normalized spacial score (nSPS) is 15.8. The van der Waals surface area contributed by atoms with E-state index in [-0.39, 0.29) is 5.56 Å². The van der Waals surface area contributed by atoms with Gasteiger partial charge in [0.05, 0.1) is 12.2 Å². The van der Waals surface area contributed by atoms with Gasteiger partial charge in [0.15, 0.2) is 0 Å². The second-order valence-electron chi connectivity index (χ2n) is 5.61. The molecule has 1 aliphatic rings. The van der Waals surface area contributed by atoms with Crippen LogP contribution in [0.2, 0.25) is 0 Å². The van der Waals surface area contributed by atoms with Crippen LogP contribution in [0.25, 0.3) is 0 Å². The Hall–Kier alpha value is -1.55. The molecule has 0 amide bonds. The summed E-state index contributed by atoms with van der Waals surface area (Å²) in [6, 6.07) is 6.57. The number of rotatable bonds is 8. The Kier molecular flexibility index (Phi) is 6.54. The molecule has 1 aliphatic carbocycles. The maximum Gasteiger partial charge on any atom is 0.335 e. The molecule has 0 heterocycles. The van der Waals surface area contributed by atoms with Crippen molar-refractivity contribution in [2.75, 3.05) is 19.8 Å². The zero-order chi connectivity index (χ0) is 14.9. The van der Waals surface area contributed by atoms with Crippen molar-refractivity contribution in [3.05, 3.63) is 29.8 Å². The van der Waals surface area contributed by atoms with Crippen LogP contribution in [0, 0.1) is 5.92 Å². The summed E-state index contributed by atoms with van der Waals surface area (Å²) < 4.78 is 11.2. The number of carboxylic acid groups (broad SMARTS) is 1. The van der Waals surface area contributed by atoms with Crippen LogP contribution in [-0.4, -0.2) is 30.9 Å². The molecule has 0 saturated heterocycles. The number of carboxylic acids is 1. The number of ether oxygens (including phenoxy) is 2. The molecule has 0 unspecified atom stereocenters. The van der Waals surface area contributed by atoms with Crippen LogP contribution in [0.4, 0.5) is 0 Å². The molecular formula is C17H24O4. The van der Waals surface area contributed by atoms with Crippen molar-refractivity contribution in [2.24, 2.45) is 5.92 Å². The van der Waals surface area contributed by atoms with Gasteiger partial charge in [0.25, 0.3) is 0 Å². The Morgan fingerprint density at radius 2 is 2.00 bits per heavy atom. The fraction of sp³-hybridized carbons (Fsp3) is 0.588.